The molecule has 0 saturated heterocycles. The molecule has 20 heavy (non-hydrogen) atoms. The Hall–Kier alpha value is -0.670. The van der Waals surface area contributed by atoms with E-state index in [1.54, 1.807) is 7.05 Å². The van der Waals surface area contributed by atoms with Crippen molar-refractivity contribution in [1.29, 1.82) is 0 Å². The molecule has 1 aliphatic rings. The van der Waals surface area contributed by atoms with E-state index in [-0.39, 0.29) is 11.1 Å². The van der Waals surface area contributed by atoms with Crippen LogP contribution in [-0.2, 0) is 0 Å². The second-order valence-electron chi connectivity index (χ2n) is 6.08. The predicted octanol–water partition coefficient (Wildman–Crippen LogP) is 4.95. The van der Waals surface area contributed by atoms with Crippen molar-refractivity contribution in [3.05, 3.63) is 34.4 Å². The Morgan fingerprint density at radius 3 is 2.45 bits per heavy atom. The molecule has 112 valence electrons. The van der Waals surface area contributed by atoms with Crippen LogP contribution in [0.1, 0.15) is 44.7 Å². The number of rotatable bonds is 3. The van der Waals surface area contributed by atoms with Gasteiger partial charge in [-0.15, -0.1) is 0 Å². The third-order valence-corrected chi connectivity index (χ3v) is 5.09. The number of nitrogens with one attached hydrogen (secondary N) is 1. The van der Waals surface area contributed by atoms with Gasteiger partial charge in [0.1, 0.15) is 11.6 Å². The van der Waals surface area contributed by atoms with E-state index in [0.717, 1.165) is 25.3 Å². The van der Waals surface area contributed by atoms with Crippen molar-refractivity contribution < 1.29 is 8.78 Å². The largest absolute Gasteiger partial charge is 0.313 e. The predicted molar refractivity (Wildman–Crippen MR) is 78.8 cm³/mol. The van der Waals surface area contributed by atoms with Crippen LogP contribution >= 0.6 is 11.6 Å². The molecule has 4 unspecified atom stereocenters. The van der Waals surface area contributed by atoms with E-state index in [0.29, 0.717) is 23.3 Å². The van der Waals surface area contributed by atoms with Gasteiger partial charge in [0.05, 0.1) is 5.02 Å². The number of hydrogen-bond acceptors (Lipinski definition) is 1. The topological polar surface area (TPSA) is 12.0 Å². The van der Waals surface area contributed by atoms with E-state index < -0.39 is 11.6 Å². The van der Waals surface area contributed by atoms with Crippen molar-refractivity contribution in [1.82, 2.24) is 5.32 Å². The van der Waals surface area contributed by atoms with Crippen LogP contribution in [0, 0.1) is 29.4 Å². The molecule has 0 heterocycles. The Morgan fingerprint density at radius 2 is 1.85 bits per heavy atom. The molecule has 0 aromatic heterocycles. The summed E-state index contributed by atoms with van der Waals surface area (Å²) < 4.78 is 27.7. The van der Waals surface area contributed by atoms with Crippen molar-refractivity contribution in [2.45, 2.75) is 39.2 Å². The average molecular weight is 302 g/mol. The third-order valence-electron chi connectivity index (χ3n) is 4.80. The van der Waals surface area contributed by atoms with Gasteiger partial charge in [0.15, 0.2) is 0 Å². The van der Waals surface area contributed by atoms with Crippen LogP contribution in [0.2, 0.25) is 5.02 Å². The first-order chi connectivity index (χ1) is 9.43. The van der Waals surface area contributed by atoms with Crippen LogP contribution in [0.15, 0.2) is 12.1 Å². The van der Waals surface area contributed by atoms with Crippen LogP contribution < -0.4 is 5.32 Å². The van der Waals surface area contributed by atoms with Crippen LogP contribution in [0.25, 0.3) is 0 Å². The molecule has 1 fully saturated rings. The highest BCUT2D eigenvalue weighted by molar-refractivity contribution is 6.30. The first-order valence-corrected chi connectivity index (χ1v) is 7.63. The average Bonchev–Trinajstić information content (AvgIpc) is 2.40. The van der Waals surface area contributed by atoms with E-state index in [9.17, 15) is 8.78 Å². The molecule has 4 atom stereocenters. The molecule has 1 aromatic rings. The molecule has 1 nitrogen and oxygen atoms in total. The number of halogens is 3. The van der Waals surface area contributed by atoms with Crippen molar-refractivity contribution >= 4 is 11.6 Å². The summed E-state index contributed by atoms with van der Waals surface area (Å²) in [6.07, 6.45) is 3.22. The Bertz CT molecular complexity index is 478. The maximum absolute atomic E-state index is 14.1. The highest BCUT2D eigenvalue weighted by Gasteiger charge is 2.31. The molecule has 1 aliphatic carbocycles. The van der Waals surface area contributed by atoms with Gasteiger partial charge in [-0.3, -0.25) is 0 Å². The van der Waals surface area contributed by atoms with Gasteiger partial charge in [-0.1, -0.05) is 31.9 Å². The molecule has 0 amide bonds. The summed E-state index contributed by atoms with van der Waals surface area (Å²) in [4.78, 5) is 0. The fraction of sp³-hybridized carbons (Fsp3) is 0.625. The third kappa shape index (κ3) is 3.15. The SMILES string of the molecule is CNC(c1cc(F)c(Cl)cc1F)C1CCC(C)C(C)C1. The summed E-state index contributed by atoms with van der Waals surface area (Å²) in [5, 5.41) is 3.00. The molecule has 4 heteroatoms. The highest BCUT2D eigenvalue weighted by Crippen LogP contribution is 2.40. The van der Waals surface area contributed by atoms with E-state index in [4.69, 9.17) is 11.6 Å². The molecule has 1 aromatic carbocycles. The second-order valence-corrected chi connectivity index (χ2v) is 6.49. The zero-order valence-electron chi connectivity index (χ0n) is 12.2. The van der Waals surface area contributed by atoms with Crippen molar-refractivity contribution in [2.24, 2.45) is 17.8 Å². The molecule has 1 N–H and O–H groups in total. The molecular weight excluding hydrogens is 280 g/mol. The van der Waals surface area contributed by atoms with Crippen LogP contribution in [0.4, 0.5) is 8.78 Å². The first-order valence-electron chi connectivity index (χ1n) is 7.25. The summed E-state index contributed by atoms with van der Waals surface area (Å²) in [5.41, 5.74) is 0.390. The van der Waals surface area contributed by atoms with Gasteiger partial charge in [0, 0.05) is 11.6 Å². The van der Waals surface area contributed by atoms with E-state index in [1.807, 2.05) is 0 Å². The van der Waals surface area contributed by atoms with E-state index in [1.165, 1.54) is 6.07 Å². The Balaban J connectivity index is 2.26. The molecule has 2 rings (SSSR count). The normalized spacial score (nSPS) is 28.4. The second kappa shape index (κ2) is 6.40. The number of benzene rings is 1. The lowest BCUT2D eigenvalue weighted by Gasteiger charge is -2.37. The lowest BCUT2D eigenvalue weighted by Crippen LogP contribution is -2.32. The molecular formula is C16H22ClF2N. The first kappa shape index (κ1) is 15.7. The minimum atomic E-state index is -0.555. The Kier molecular flexibility index (Phi) is 5.03. The zero-order valence-corrected chi connectivity index (χ0v) is 13.0. The summed E-state index contributed by atoms with van der Waals surface area (Å²) in [6, 6.07) is 2.16. The van der Waals surface area contributed by atoms with Crippen molar-refractivity contribution in [3.63, 3.8) is 0 Å². The van der Waals surface area contributed by atoms with Crippen LogP contribution in [0.3, 0.4) is 0 Å². The Morgan fingerprint density at radius 1 is 1.15 bits per heavy atom. The molecule has 0 radical (unpaired) electrons. The minimum Gasteiger partial charge on any atom is -0.313 e. The number of hydrogen-bond donors (Lipinski definition) is 1. The van der Waals surface area contributed by atoms with E-state index >= 15 is 0 Å². The molecule has 0 aliphatic heterocycles. The summed E-state index contributed by atoms with van der Waals surface area (Å²) in [5.74, 6) is 0.671. The van der Waals surface area contributed by atoms with Gasteiger partial charge in [-0.05, 0) is 49.8 Å². The molecule has 0 spiro atoms. The summed E-state index contributed by atoms with van der Waals surface area (Å²) in [6.45, 7) is 4.50. The maximum Gasteiger partial charge on any atom is 0.142 e. The van der Waals surface area contributed by atoms with Gasteiger partial charge in [0.25, 0.3) is 0 Å². The standard InChI is InChI=1S/C16H22ClF2N/c1-9-4-5-11(6-10(9)2)16(20-3)12-7-15(19)13(17)8-14(12)18/h7-11,16,20H,4-6H2,1-3H3. The minimum absolute atomic E-state index is 0.156. The fourth-order valence-corrected chi connectivity index (χ4v) is 3.46. The maximum atomic E-state index is 14.1. The zero-order chi connectivity index (χ0) is 14.9. The van der Waals surface area contributed by atoms with Crippen molar-refractivity contribution in [3.8, 4) is 0 Å². The molecule has 0 bridgehead atoms. The van der Waals surface area contributed by atoms with Crippen LogP contribution in [0.5, 0.6) is 0 Å². The lowest BCUT2D eigenvalue weighted by molar-refractivity contribution is 0.173. The quantitative estimate of drug-likeness (QED) is 0.779. The highest BCUT2D eigenvalue weighted by atomic mass is 35.5. The summed E-state index contributed by atoms with van der Waals surface area (Å²) in [7, 11) is 1.80. The van der Waals surface area contributed by atoms with Gasteiger partial charge < -0.3 is 5.32 Å². The summed E-state index contributed by atoms with van der Waals surface area (Å²) >= 11 is 5.63. The Labute approximate surface area is 124 Å². The molecule has 1 saturated carbocycles. The van der Waals surface area contributed by atoms with Gasteiger partial charge in [-0.25, -0.2) is 8.78 Å². The van der Waals surface area contributed by atoms with Gasteiger partial charge in [0.2, 0.25) is 0 Å². The monoisotopic (exact) mass is 301 g/mol. The lowest BCUT2D eigenvalue weighted by atomic mass is 9.72. The fourth-order valence-electron chi connectivity index (χ4n) is 3.31. The van der Waals surface area contributed by atoms with Gasteiger partial charge in [-0.2, -0.15) is 0 Å². The smallest absolute Gasteiger partial charge is 0.142 e. The van der Waals surface area contributed by atoms with E-state index in [2.05, 4.69) is 19.2 Å². The van der Waals surface area contributed by atoms with Crippen LogP contribution in [-0.4, -0.2) is 7.05 Å². The van der Waals surface area contributed by atoms with Crippen molar-refractivity contribution in [2.75, 3.05) is 7.05 Å². The van der Waals surface area contributed by atoms with Gasteiger partial charge >= 0.3 is 0 Å².